The highest BCUT2D eigenvalue weighted by Crippen LogP contribution is 2.21. The zero-order valence-electron chi connectivity index (χ0n) is 12.1. The van der Waals surface area contributed by atoms with Crippen LogP contribution in [0.2, 0.25) is 0 Å². The number of hydrogen-bond acceptors (Lipinski definition) is 4. The summed E-state index contributed by atoms with van der Waals surface area (Å²) in [5.41, 5.74) is 4.54. The number of nitrogens with zero attached hydrogens (tertiary/aromatic N) is 1. The minimum absolute atomic E-state index is 0.149. The monoisotopic (exact) mass is 289 g/mol. The normalized spacial score (nSPS) is 12.1. The van der Waals surface area contributed by atoms with Gasteiger partial charge in [0.2, 0.25) is 0 Å². The maximum atomic E-state index is 13.2. The lowest BCUT2D eigenvalue weighted by Gasteiger charge is -2.17. The lowest BCUT2D eigenvalue weighted by atomic mass is 10.0. The summed E-state index contributed by atoms with van der Waals surface area (Å²) in [4.78, 5) is 4.17. The third-order valence-electron chi connectivity index (χ3n) is 3.14. The largest absolute Gasteiger partial charge is 0.492 e. The van der Waals surface area contributed by atoms with Gasteiger partial charge in [-0.3, -0.25) is 16.3 Å². The van der Waals surface area contributed by atoms with Crippen molar-refractivity contribution in [2.24, 2.45) is 5.84 Å². The SMILES string of the molecule is CCCOc1cncc(C(Cc2cccc(F)c2)NN)c1. The van der Waals surface area contributed by atoms with Crippen LogP contribution in [0.5, 0.6) is 5.75 Å². The molecular weight excluding hydrogens is 269 g/mol. The molecule has 0 aliphatic heterocycles. The molecule has 1 heterocycles. The third kappa shape index (κ3) is 4.51. The van der Waals surface area contributed by atoms with Crippen molar-refractivity contribution < 1.29 is 9.13 Å². The summed E-state index contributed by atoms with van der Waals surface area (Å²) >= 11 is 0. The van der Waals surface area contributed by atoms with Crippen LogP contribution >= 0.6 is 0 Å². The number of rotatable bonds is 7. The van der Waals surface area contributed by atoms with Crippen molar-refractivity contribution in [3.05, 3.63) is 59.7 Å². The van der Waals surface area contributed by atoms with E-state index in [4.69, 9.17) is 10.6 Å². The lowest BCUT2D eigenvalue weighted by Crippen LogP contribution is -2.29. The maximum Gasteiger partial charge on any atom is 0.137 e. The van der Waals surface area contributed by atoms with E-state index in [1.807, 2.05) is 19.1 Å². The molecule has 0 aliphatic rings. The Hall–Kier alpha value is -1.98. The Kier molecular flexibility index (Phi) is 5.66. The molecular formula is C16H20FN3O. The number of nitrogens with two attached hydrogens (primary N) is 1. The Morgan fingerprint density at radius 2 is 2.19 bits per heavy atom. The third-order valence-corrected chi connectivity index (χ3v) is 3.14. The number of ether oxygens (including phenoxy) is 1. The van der Waals surface area contributed by atoms with Crippen LogP contribution in [0.3, 0.4) is 0 Å². The van der Waals surface area contributed by atoms with Crippen molar-refractivity contribution in [3.63, 3.8) is 0 Å². The van der Waals surface area contributed by atoms with Crippen molar-refractivity contribution in [3.8, 4) is 5.75 Å². The fraction of sp³-hybridized carbons (Fsp3) is 0.312. The Labute approximate surface area is 124 Å². The number of hydrogen-bond donors (Lipinski definition) is 2. The molecule has 0 bridgehead atoms. The van der Waals surface area contributed by atoms with Crippen LogP contribution in [0.15, 0.2) is 42.7 Å². The summed E-state index contributed by atoms with van der Waals surface area (Å²) in [6, 6.07) is 8.26. The first-order chi connectivity index (χ1) is 10.2. The van der Waals surface area contributed by atoms with E-state index in [2.05, 4.69) is 10.4 Å². The number of benzene rings is 1. The average Bonchev–Trinajstić information content (AvgIpc) is 2.51. The van der Waals surface area contributed by atoms with E-state index in [1.54, 1.807) is 18.5 Å². The van der Waals surface area contributed by atoms with E-state index in [9.17, 15) is 4.39 Å². The van der Waals surface area contributed by atoms with Crippen molar-refractivity contribution in [1.29, 1.82) is 0 Å². The second-order valence-corrected chi connectivity index (χ2v) is 4.86. The topological polar surface area (TPSA) is 60.2 Å². The Balaban J connectivity index is 2.13. The molecule has 0 aliphatic carbocycles. The van der Waals surface area contributed by atoms with E-state index in [-0.39, 0.29) is 11.9 Å². The summed E-state index contributed by atoms with van der Waals surface area (Å²) in [5.74, 6) is 6.10. The van der Waals surface area contributed by atoms with Crippen LogP contribution in [-0.4, -0.2) is 11.6 Å². The van der Waals surface area contributed by atoms with E-state index in [0.717, 1.165) is 17.5 Å². The molecule has 112 valence electrons. The molecule has 21 heavy (non-hydrogen) atoms. The van der Waals surface area contributed by atoms with Crippen LogP contribution in [0, 0.1) is 5.82 Å². The van der Waals surface area contributed by atoms with Gasteiger partial charge >= 0.3 is 0 Å². The van der Waals surface area contributed by atoms with E-state index in [0.29, 0.717) is 18.8 Å². The maximum absolute atomic E-state index is 13.2. The molecule has 0 spiro atoms. The molecule has 3 N–H and O–H groups in total. The fourth-order valence-electron chi connectivity index (χ4n) is 2.10. The van der Waals surface area contributed by atoms with Crippen LogP contribution in [0.4, 0.5) is 4.39 Å². The molecule has 1 aromatic carbocycles. The van der Waals surface area contributed by atoms with E-state index in [1.165, 1.54) is 12.1 Å². The number of hydrazine groups is 1. The first-order valence-electron chi connectivity index (χ1n) is 7.01. The molecule has 1 aromatic heterocycles. The number of nitrogens with one attached hydrogen (secondary N) is 1. The highest BCUT2D eigenvalue weighted by molar-refractivity contribution is 5.28. The number of aromatic nitrogens is 1. The van der Waals surface area contributed by atoms with Gasteiger partial charge in [-0.05, 0) is 42.2 Å². The Morgan fingerprint density at radius 1 is 1.33 bits per heavy atom. The quantitative estimate of drug-likeness (QED) is 0.608. The van der Waals surface area contributed by atoms with Crippen LogP contribution in [-0.2, 0) is 6.42 Å². The van der Waals surface area contributed by atoms with Gasteiger partial charge in [-0.1, -0.05) is 19.1 Å². The highest BCUT2D eigenvalue weighted by Gasteiger charge is 2.12. The second kappa shape index (κ2) is 7.71. The van der Waals surface area contributed by atoms with Crippen molar-refractivity contribution >= 4 is 0 Å². The molecule has 2 aromatic rings. The van der Waals surface area contributed by atoms with E-state index >= 15 is 0 Å². The highest BCUT2D eigenvalue weighted by atomic mass is 19.1. The minimum atomic E-state index is -0.249. The minimum Gasteiger partial charge on any atom is -0.492 e. The van der Waals surface area contributed by atoms with Gasteiger partial charge in [0.25, 0.3) is 0 Å². The van der Waals surface area contributed by atoms with Gasteiger partial charge in [0.15, 0.2) is 0 Å². The molecule has 0 fully saturated rings. The average molecular weight is 289 g/mol. The van der Waals surface area contributed by atoms with Crippen LogP contribution in [0.1, 0.15) is 30.5 Å². The Bertz CT molecular complexity index is 577. The van der Waals surface area contributed by atoms with Crippen LogP contribution in [0.25, 0.3) is 0 Å². The van der Waals surface area contributed by atoms with Gasteiger partial charge in [-0.15, -0.1) is 0 Å². The summed E-state index contributed by atoms with van der Waals surface area (Å²) < 4.78 is 18.8. The van der Waals surface area contributed by atoms with Gasteiger partial charge in [0.05, 0.1) is 18.8 Å². The van der Waals surface area contributed by atoms with Gasteiger partial charge in [-0.2, -0.15) is 0 Å². The summed E-state index contributed by atoms with van der Waals surface area (Å²) in [7, 11) is 0. The second-order valence-electron chi connectivity index (χ2n) is 4.86. The van der Waals surface area contributed by atoms with Gasteiger partial charge in [0, 0.05) is 6.20 Å². The zero-order valence-corrected chi connectivity index (χ0v) is 12.1. The smallest absolute Gasteiger partial charge is 0.137 e. The molecule has 0 saturated heterocycles. The lowest BCUT2D eigenvalue weighted by molar-refractivity contribution is 0.315. The first-order valence-corrected chi connectivity index (χ1v) is 7.01. The fourth-order valence-corrected chi connectivity index (χ4v) is 2.10. The summed E-state index contributed by atoms with van der Waals surface area (Å²) in [5, 5.41) is 0. The molecule has 2 rings (SSSR count). The molecule has 0 amide bonds. The van der Waals surface area contributed by atoms with Crippen LogP contribution < -0.4 is 16.0 Å². The number of pyridine rings is 1. The van der Waals surface area contributed by atoms with E-state index < -0.39 is 0 Å². The number of halogens is 1. The standard InChI is InChI=1S/C16H20FN3O/c1-2-6-21-15-9-13(10-19-11-15)16(20-18)8-12-4-3-5-14(17)7-12/h3-5,7,9-11,16,20H,2,6,8,18H2,1H3. The summed E-state index contributed by atoms with van der Waals surface area (Å²) in [6.45, 7) is 2.70. The van der Waals surface area contributed by atoms with Crippen molar-refractivity contribution in [2.75, 3.05) is 6.61 Å². The predicted molar refractivity (Wildman–Crippen MR) is 80.2 cm³/mol. The first kappa shape index (κ1) is 15.4. The molecule has 1 atom stereocenters. The molecule has 4 nitrogen and oxygen atoms in total. The molecule has 5 heteroatoms. The summed E-state index contributed by atoms with van der Waals surface area (Å²) in [6.07, 6.45) is 4.93. The van der Waals surface area contributed by atoms with Gasteiger partial charge in [-0.25, -0.2) is 4.39 Å². The zero-order chi connectivity index (χ0) is 15.1. The Morgan fingerprint density at radius 3 is 2.90 bits per heavy atom. The van der Waals surface area contributed by atoms with Crippen molar-refractivity contribution in [2.45, 2.75) is 25.8 Å². The molecule has 1 unspecified atom stereocenters. The molecule has 0 saturated carbocycles. The van der Waals surface area contributed by atoms with Gasteiger partial charge < -0.3 is 4.74 Å². The van der Waals surface area contributed by atoms with Crippen molar-refractivity contribution in [1.82, 2.24) is 10.4 Å². The predicted octanol–water partition coefficient (Wildman–Crippen LogP) is 2.76. The molecule has 0 radical (unpaired) electrons. The van der Waals surface area contributed by atoms with Gasteiger partial charge in [0.1, 0.15) is 11.6 Å².